The molecule has 2 aromatic carbocycles. The summed E-state index contributed by atoms with van der Waals surface area (Å²) in [6, 6.07) is 13.9. The first-order valence-electron chi connectivity index (χ1n) is 8.30. The summed E-state index contributed by atoms with van der Waals surface area (Å²) in [6.07, 6.45) is 0. The normalized spacial score (nSPS) is 10.9. The van der Waals surface area contributed by atoms with Crippen molar-refractivity contribution in [3.63, 3.8) is 0 Å². The lowest BCUT2D eigenvalue weighted by Crippen LogP contribution is -2.32. The monoisotopic (exact) mass is 337 g/mol. The van der Waals surface area contributed by atoms with Crippen LogP contribution in [0.1, 0.15) is 17.0 Å². The lowest BCUT2D eigenvalue weighted by Gasteiger charge is -2.18. The number of likely N-dealkylation sites (N-methyl/N-ethyl adjacent to an activating group) is 1. The van der Waals surface area contributed by atoms with Gasteiger partial charge in [-0.3, -0.25) is 4.79 Å². The molecule has 1 aromatic heterocycles. The van der Waals surface area contributed by atoms with Crippen LogP contribution in [0.2, 0.25) is 0 Å². The van der Waals surface area contributed by atoms with Crippen molar-refractivity contribution in [3.05, 3.63) is 59.4 Å². The third-order valence-corrected chi connectivity index (χ3v) is 4.38. The van der Waals surface area contributed by atoms with E-state index in [1.165, 1.54) is 0 Å². The average Bonchev–Trinajstić information content (AvgIpc) is 2.91. The zero-order chi connectivity index (χ0) is 18.0. The minimum atomic E-state index is -0.0760. The zero-order valence-electron chi connectivity index (χ0n) is 15.1. The van der Waals surface area contributed by atoms with Gasteiger partial charge in [-0.1, -0.05) is 24.3 Å². The second-order valence-electron chi connectivity index (χ2n) is 6.38. The third-order valence-electron chi connectivity index (χ3n) is 4.38. The van der Waals surface area contributed by atoms with Gasteiger partial charge in [-0.15, -0.1) is 0 Å². The second kappa shape index (κ2) is 6.97. The minimum absolute atomic E-state index is 0.0186. The summed E-state index contributed by atoms with van der Waals surface area (Å²) >= 11 is 0. The van der Waals surface area contributed by atoms with Crippen LogP contribution >= 0.6 is 0 Å². The standard InChI is InChI=1S/C20H23N3O2/c1-14-9-10-15(2)18(11-14)25-13-20(24)22(3)12-19-21-16-7-5-6-8-17(16)23(19)4/h5-11H,12-13H2,1-4H3. The number of ether oxygens (including phenoxy) is 1. The minimum Gasteiger partial charge on any atom is -0.483 e. The van der Waals surface area contributed by atoms with Crippen molar-refractivity contribution in [2.45, 2.75) is 20.4 Å². The number of carbonyl (C=O) groups excluding carboxylic acids is 1. The maximum absolute atomic E-state index is 12.4. The number of nitrogens with zero attached hydrogens (tertiary/aromatic N) is 3. The molecule has 25 heavy (non-hydrogen) atoms. The van der Waals surface area contributed by atoms with Crippen LogP contribution in [0.5, 0.6) is 5.75 Å². The Labute approximate surface area is 147 Å². The number of aryl methyl sites for hydroxylation is 3. The molecular weight excluding hydrogens is 314 g/mol. The van der Waals surface area contributed by atoms with Crippen molar-refractivity contribution in [3.8, 4) is 5.75 Å². The van der Waals surface area contributed by atoms with Crippen LogP contribution in [-0.2, 0) is 18.4 Å². The van der Waals surface area contributed by atoms with Gasteiger partial charge >= 0.3 is 0 Å². The maximum atomic E-state index is 12.4. The van der Waals surface area contributed by atoms with Crippen molar-refractivity contribution in [2.75, 3.05) is 13.7 Å². The second-order valence-corrected chi connectivity index (χ2v) is 6.38. The molecular formula is C20H23N3O2. The molecule has 0 saturated heterocycles. The van der Waals surface area contributed by atoms with Gasteiger partial charge in [0.15, 0.2) is 6.61 Å². The number of aromatic nitrogens is 2. The van der Waals surface area contributed by atoms with Gasteiger partial charge in [0.25, 0.3) is 5.91 Å². The van der Waals surface area contributed by atoms with Crippen LogP contribution in [0.15, 0.2) is 42.5 Å². The third kappa shape index (κ3) is 3.65. The highest BCUT2D eigenvalue weighted by Gasteiger charge is 2.15. The highest BCUT2D eigenvalue weighted by Crippen LogP contribution is 2.19. The summed E-state index contributed by atoms with van der Waals surface area (Å²) in [7, 11) is 3.74. The molecule has 5 heteroatoms. The van der Waals surface area contributed by atoms with Gasteiger partial charge in [-0.2, -0.15) is 0 Å². The lowest BCUT2D eigenvalue weighted by molar-refractivity contribution is -0.132. The van der Waals surface area contributed by atoms with E-state index in [-0.39, 0.29) is 12.5 Å². The van der Waals surface area contributed by atoms with Crippen molar-refractivity contribution in [2.24, 2.45) is 7.05 Å². The Morgan fingerprint density at radius 1 is 1.20 bits per heavy atom. The Morgan fingerprint density at radius 3 is 2.72 bits per heavy atom. The van der Waals surface area contributed by atoms with Gasteiger partial charge < -0.3 is 14.2 Å². The SMILES string of the molecule is Cc1ccc(C)c(OCC(=O)N(C)Cc2nc3ccccc3n2C)c1. The Morgan fingerprint density at radius 2 is 1.96 bits per heavy atom. The molecule has 0 spiro atoms. The van der Waals surface area contributed by atoms with Gasteiger partial charge in [0.1, 0.15) is 11.6 Å². The Balaban J connectivity index is 1.66. The van der Waals surface area contributed by atoms with Crippen molar-refractivity contribution >= 4 is 16.9 Å². The van der Waals surface area contributed by atoms with Gasteiger partial charge in [-0.25, -0.2) is 4.98 Å². The van der Waals surface area contributed by atoms with Crippen LogP contribution < -0.4 is 4.74 Å². The van der Waals surface area contributed by atoms with Crippen LogP contribution in [0.3, 0.4) is 0 Å². The predicted octanol–water partition coefficient (Wildman–Crippen LogP) is 3.23. The van der Waals surface area contributed by atoms with Crippen molar-refractivity contribution in [1.29, 1.82) is 0 Å². The fourth-order valence-corrected chi connectivity index (χ4v) is 2.75. The van der Waals surface area contributed by atoms with Crippen LogP contribution in [0.25, 0.3) is 11.0 Å². The van der Waals surface area contributed by atoms with Gasteiger partial charge in [-0.05, 0) is 43.2 Å². The number of carbonyl (C=O) groups is 1. The highest BCUT2D eigenvalue weighted by atomic mass is 16.5. The van der Waals surface area contributed by atoms with Crippen LogP contribution in [0.4, 0.5) is 0 Å². The quantitative estimate of drug-likeness (QED) is 0.718. The zero-order valence-corrected chi connectivity index (χ0v) is 15.1. The molecule has 0 atom stereocenters. The number of hydrogen-bond donors (Lipinski definition) is 0. The van der Waals surface area contributed by atoms with E-state index in [0.717, 1.165) is 33.7 Å². The Kier molecular flexibility index (Phi) is 4.74. The molecule has 3 aromatic rings. The molecule has 130 valence electrons. The number of amides is 1. The maximum Gasteiger partial charge on any atom is 0.260 e. The number of benzene rings is 2. The molecule has 0 N–H and O–H groups in total. The Bertz CT molecular complexity index is 914. The molecule has 0 unspecified atom stereocenters. The molecule has 0 saturated carbocycles. The fourth-order valence-electron chi connectivity index (χ4n) is 2.75. The number of hydrogen-bond acceptors (Lipinski definition) is 3. The van der Waals surface area contributed by atoms with E-state index in [1.807, 2.05) is 67.9 Å². The van der Waals surface area contributed by atoms with Crippen molar-refractivity contribution < 1.29 is 9.53 Å². The van der Waals surface area contributed by atoms with Gasteiger partial charge in [0.2, 0.25) is 0 Å². The Hall–Kier alpha value is -2.82. The fraction of sp³-hybridized carbons (Fsp3) is 0.300. The van der Waals surface area contributed by atoms with E-state index in [4.69, 9.17) is 4.74 Å². The van der Waals surface area contributed by atoms with E-state index in [9.17, 15) is 4.79 Å². The summed E-state index contributed by atoms with van der Waals surface area (Å²) in [4.78, 5) is 18.7. The first-order chi connectivity index (χ1) is 12.0. The number of fused-ring (bicyclic) bond motifs is 1. The highest BCUT2D eigenvalue weighted by molar-refractivity contribution is 5.78. The first-order valence-corrected chi connectivity index (χ1v) is 8.30. The molecule has 0 aliphatic heterocycles. The smallest absolute Gasteiger partial charge is 0.260 e. The predicted molar refractivity (Wildman–Crippen MR) is 98.6 cm³/mol. The number of imidazole rings is 1. The average molecular weight is 337 g/mol. The van der Waals surface area contributed by atoms with Crippen LogP contribution in [0, 0.1) is 13.8 Å². The first kappa shape index (κ1) is 17.0. The molecule has 0 aliphatic rings. The molecule has 3 rings (SSSR count). The molecule has 0 fully saturated rings. The molecule has 0 radical (unpaired) electrons. The molecule has 1 heterocycles. The summed E-state index contributed by atoms with van der Waals surface area (Å²) in [5.41, 5.74) is 4.13. The molecule has 0 bridgehead atoms. The van der Waals surface area contributed by atoms with Gasteiger partial charge in [0, 0.05) is 14.1 Å². The molecule has 0 aliphatic carbocycles. The van der Waals surface area contributed by atoms with E-state index >= 15 is 0 Å². The van der Waals surface area contributed by atoms with E-state index in [2.05, 4.69) is 4.98 Å². The topological polar surface area (TPSA) is 47.4 Å². The van der Waals surface area contributed by atoms with Crippen molar-refractivity contribution in [1.82, 2.24) is 14.5 Å². The largest absolute Gasteiger partial charge is 0.483 e. The van der Waals surface area contributed by atoms with E-state index in [0.29, 0.717) is 6.54 Å². The summed E-state index contributed by atoms with van der Waals surface area (Å²) in [5.74, 6) is 1.53. The molecule has 5 nitrogen and oxygen atoms in total. The number of para-hydroxylation sites is 2. The van der Waals surface area contributed by atoms with Crippen LogP contribution in [-0.4, -0.2) is 34.0 Å². The van der Waals surface area contributed by atoms with Gasteiger partial charge in [0.05, 0.1) is 17.6 Å². The van der Waals surface area contributed by atoms with E-state index in [1.54, 1.807) is 11.9 Å². The summed E-state index contributed by atoms with van der Waals surface area (Å²) in [5, 5.41) is 0. The summed E-state index contributed by atoms with van der Waals surface area (Å²) in [6.45, 7) is 4.44. The number of rotatable bonds is 5. The molecule has 1 amide bonds. The van der Waals surface area contributed by atoms with E-state index < -0.39 is 0 Å². The summed E-state index contributed by atoms with van der Waals surface area (Å²) < 4.78 is 7.73. The lowest BCUT2D eigenvalue weighted by atomic mass is 10.1.